The van der Waals surface area contributed by atoms with Gasteiger partial charge in [-0.2, -0.15) is 0 Å². The van der Waals surface area contributed by atoms with Crippen LogP contribution in [0.2, 0.25) is 0 Å². The summed E-state index contributed by atoms with van der Waals surface area (Å²) in [5, 5.41) is 5.99. The van der Waals surface area contributed by atoms with E-state index in [2.05, 4.69) is 38.1 Å². The van der Waals surface area contributed by atoms with Crippen molar-refractivity contribution < 1.29 is 9.59 Å². The third-order valence-electron chi connectivity index (χ3n) is 4.76. The van der Waals surface area contributed by atoms with Gasteiger partial charge in [-0.1, -0.05) is 6.92 Å². The van der Waals surface area contributed by atoms with Crippen LogP contribution in [0.25, 0.3) is 0 Å². The molecule has 0 spiro atoms. The Morgan fingerprint density at radius 2 is 1.62 bits per heavy atom. The monoisotopic (exact) mass is 522 g/mol. The predicted molar refractivity (Wildman–Crippen MR) is 128 cm³/mol. The van der Waals surface area contributed by atoms with Gasteiger partial charge >= 0.3 is 0 Å². The lowest BCUT2D eigenvalue weighted by atomic mass is 10.2. The van der Waals surface area contributed by atoms with Crippen LogP contribution in [0, 0.1) is 3.57 Å². The normalized spacial score (nSPS) is 13.7. The van der Waals surface area contributed by atoms with Crippen molar-refractivity contribution in [2.24, 2.45) is 0 Å². The van der Waals surface area contributed by atoms with Crippen molar-refractivity contribution in [3.05, 3.63) is 57.7 Å². The van der Waals surface area contributed by atoms with Crippen LogP contribution < -0.4 is 15.5 Å². The summed E-state index contributed by atoms with van der Waals surface area (Å²) in [6.45, 7) is 5.04. The zero-order chi connectivity index (χ0) is 20.8. The van der Waals surface area contributed by atoms with Crippen LogP contribution in [-0.4, -0.2) is 48.0 Å². The topological polar surface area (TPSA) is 64.7 Å². The highest BCUT2D eigenvalue weighted by molar-refractivity contribution is 14.1. The first-order chi connectivity index (χ1) is 14.0. The standard InChI is InChI=1S/C21H23IN4O2S/c1-2-19(27)26-13-11-25(12-14-26)18-9-7-17(8-10-18)23-21(29)24-20(28)15-3-5-16(22)6-4-15/h3-10H,2,11-14H2,1H3,(H2,23,24,28,29). The number of hydrogen-bond acceptors (Lipinski definition) is 4. The molecule has 3 rings (SSSR count). The van der Waals surface area contributed by atoms with Crippen molar-refractivity contribution in [3.8, 4) is 0 Å². The van der Waals surface area contributed by atoms with Gasteiger partial charge < -0.3 is 15.1 Å². The van der Waals surface area contributed by atoms with Crippen LogP contribution in [0.3, 0.4) is 0 Å². The molecular weight excluding hydrogens is 499 g/mol. The van der Waals surface area contributed by atoms with Gasteiger partial charge in [-0.15, -0.1) is 0 Å². The second-order valence-corrected chi connectivity index (χ2v) is 8.34. The highest BCUT2D eigenvalue weighted by Crippen LogP contribution is 2.20. The van der Waals surface area contributed by atoms with Crippen molar-refractivity contribution in [2.45, 2.75) is 13.3 Å². The molecule has 0 saturated carbocycles. The van der Waals surface area contributed by atoms with E-state index in [1.807, 2.05) is 48.2 Å². The molecule has 1 aliphatic heterocycles. The maximum atomic E-state index is 12.2. The second-order valence-electron chi connectivity index (χ2n) is 6.68. The van der Waals surface area contributed by atoms with E-state index in [-0.39, 0.29) is 16.9 Å². The van der Waals surface area contributed by atoms with Crippen molar-refractivity contribution in [2.75, 3.05) is 36.4 Å². The number of piperazine rings is 1. The molecule has 0 unspecified atom stereocenters. The van der Waals surface area contributed by atoms with Crippen molar-refractivity contribution in [3.63, 3.8) is 0 Å². The number of amides is 2. The zero-order valence-electron chi connectivity index (χ0n) is 16.2. The fourth-order valence-electron chi connectivity index (χ4n) is 3.13. The molecule has 1 aliphatic rings. The lowest BCUT2D eigenvalue weighted by Gasteiger charge is -2.36. The molecule has 0 bridgehead atoms. The quantitative estimate of drug-likeness (QED) is 0.476. The summed E-state index contributed by atoms with van der Waals surface area (Å²) in [4.78, 5) is 28.2. The number of rotatable bonds is 4. The van der Waals surface area contributed by atoms with Crippen LogP contribution >= 0.6 is 34.8 Å². The molecule has 0 atom stereocenters. The van der Waals surface area contributed by atoms with E-state index in [9.17, 15) is 9.59 Å². The highest BCUT2D eigenvalue weighted by Gasteiger charge is 2.20. The Morgan fingerprint density at radius 3 is 2.21 bits per heavy atom. The summed E-state index contributed by atoms with van der Waals surface area (Å²) in [6.07, 6.45) is 0.556. The fourth-order valence-corrected chi connectivity index (χ4v) is 3.70. The van der Waals surface area contributed by atoms with Gasteiger partial charge in [-0.3, -0.25) is 14.9 Å². The number of anilines is 2. The van der Waals surface area contributed by atoms with Gasteiger partial charge in [0.2, 0.25) is 5.91 Å². The van der Waals surface area contributed by atoms with Crippen LogP contribution in [0.4, 0.5) is 11.4 Å². The molecule has 1 fully saturated rings. The Kier molecular flexibility index (Phi) is 7.43. The van der Waals surface area contributed by atoms with E-state index in [0.717, 1.165) is 41.1 Å². The van der Waals surface area contributed by atoms with Gasteiger partial charge in [0.15, 0.2) is 5.11 Å². The molecule has 0 radical (unpaired) electrons. The number of carbonyl (C=O) groups excluding carboxylic acids is 2. The van der Waals surface area contributed by atoms with Gasteiger partial charge in [0, 0.05) is 53.1 Å². The molecule has 6 nitrogen and oxygen atoms in total. The summed E-state index contributed by atoms with van der Waals surface area (Å²) in [5.41, 5.74) is 2.47. The number of nitrogens with zero attached hydrogens (tertiary/aromatic N) is 2. The summed E-state index contributed by atoms with van der Waals surface area (Å²) < 4.78 is 1.07. The van der Waals surface area contributed by atoms with Gasteiger partial charge in [0.25, 0.3) is 5.91 Å². The molecule has 2 aromatic rings. The van der Waals surface area contributed by atoms with Gasteiger partial charge in [0.05, 0.1) is 0 Å². The molecule has 0 aromatic heterocycles. The van der Waals surface area contributed by atoms with Gasteiger partial charge in [0.1, 0.15) is 0 Å². The van der Waals surface area contributed by atoms with Gasteiger partial charge in [-0.05, 0) is 83.3 Å². The Hall–Kier alpha value is -2.20. The molecule has 29 heavy (non-hydrogen) atoms. The molecule has 0 aliphatic carbocycles. The second kappa shape index (κ2) is 10.0. The average Bonchev–Trinajstić information content (AvgIpc) is 2.74. The van der Waals surface area contributed by atoms with E-state index in [1.165, 1.54) is 0 Å². The minimum absolute atomic E-state index is 0.213. The molecule has 2 N–H and O–H groups in total. The Labute approximate surface area is 189 Å². The van der Waals surface area contributed by atoms with Crippen LogP contribution in [-0.2, 0) is 4.79 Å². The summed E-state index contributed by atoms with van der Waals surface area (Å²) in [7, 11) is 0. The fraction of sp³-hybridized carbons (Fsp3) is 0.286. The smallest absolute Gasteiger partial charge is 0.257 e. The largest absolute Gasteiger partial charge is 0.368 e. The van der Waals surface area contributed by atoms with Crippen molar-refractivity contribution in [1.29, 1.82) is 0 Å². The average molecular weight is 522 g/mol. The maximum absolute atomic E-state index is 12.2. The van der Waals surface area contributed by atoms with Gasteiger partial charge in [-0.25, -0.2) is 0 Å². The number of hydrogen-bond donors (Lipinski definition) is 2. The molecule has 8 heteroatoms. The molecular formula is C21H23IN4O2S. The number of carbonyl (C=O) groups is 2. The molecule has 2 amide bonds. The van der Waals surface area contributed by atoms with E-state index in [1.54, 1.807) is 12.1 Å². The molecule has 1 heterocycles. The van der Waals surface area contributed by atoms with Crippen LogP contribution in [0.1, 0.15) is 23.7 Å². The van der Waals surface area contributed by atoms with E-state index >= 15 is 0 Å². The first-order valence-corrected chi connectivity index (χ1v) is 11.0. The Bertz CT molecular complexity index is 879. The van der Waals surface area contributed by atoms with E-state index < -0.39 is 0 Å². The first-order valence-electron chi connectivity index (χ1n) is 9.47. The minimum atomic E-state index is -0.241. The first kappa shape index (κ1) is 21.5. The maximum Gasteiger partial charge on any atom is 0.257 e. The number of halogens is 1. The van der Waals surface area contributed by atoms with E-state index in [0.29, 0.717) is 12.0 Å². The van der Waals surface area contributed by atoms with Crippen molar-refractivity contribution >= 4 is 63.1 Å². The molecule has 2 aromatic carbocycles. The lowest BCUT2D eigenvalue weighted by molar-refractivity contribution is -0.131. The van der Waals surface area contributed by atoms with E-state index in [4.69, 9.17) is 12.2 Å². The SMILES string of the molecule is CCC(=O)N1CCN(c2ccc(NC(=S)NC(=O)c3ccc(I)cc3)cc2)CC1. The Morgan fingerprint density at radius 1 is 1.00 bits per heavy atom. The van der Waals surface area contributed by atoms with Crippen LogP contribution in [0.15, 0.2) is 48.5 Å². The van der Waals surface area contributed by atoms with Crippen LogP contribution in [0.5, 0.6) is 0 Å². The number of nitrogens with one attached hydrogen (secondary N) is 2. The lowest BCUT2D eigenvalue weighted by Crippen LogP contribution is -2.48. The number of benzene rings is 2. The molecule has 152 valence electrons. The third-order valence-corrected chi connectivity index (χ3v) is 5.68. The highest BCUT2D eigenvalue weighted by atomic mass is 127. The van der Waals surface area contributed by atoms with Crippen molar-refractivity contribution in [1.82, 2.24) is 10.2 Å². The Balaban J connectivity index is 1.51. The summed E-state index contributed by atoms with van der Waals surface area (Å²) in [5.74, 6) is -0.0278. The minimum Gasteiger partial charge on any atom is -0.368 e. The number of thiocarbonyl (C=S) groups is 1. The summed E-state index contributed by atoms with van der Waals surface area (Å²) >= 11 is 7.45. The third kappa shape index (κ3) is 5.89. The zero-order valence-corrected chi connectivity index (χ0v) is 19.1. The summed E-state index contributed by atoms with van der Waals surface area (Å²) in [6, 6.07) is 15.2. The molecule has 1 saturated heterocycles. The predicted octanol–water partition coefficient (Wildman–Crippen LogP) is 3.48.